The number of piperidine rings is 1. The fraction of sp³-hybridized carbons (Fsp3) is 0.571. The number of aromatic nitrogens is 1. The maximum absolute atomic E-state index is 12.1. The highest BCUT2D eigenvalue weighted by molar-refractivity contribution is 9.10. The molecule has 5 nitrogen and oxygen atoms in total. The van der Waals surface area contributed by atoms with Crippen LogP contribution in [0, 0.1) is 0 Å². The molecule has 2 bridgehead atoms. The van der Waals surface area contributed by atoms with E-state index in [0.717, 1.165) is 17.3 Å². The Kier molecular flexibility index (Phi) is 3.94. The number of carbonyl (C=O) groups is 1. The molecule has 0 spiro atoms. The Labute approximate surface area is 125 Å². The van der Waals surface area contributed by atoms with E-state index in [1.54, 1.807) is 12.3 Å². The van der Waals surface area contributed by atoms with Gasteiger partial charge in [0.05, 0.1) is 0 Å². The Morgan fingerprint density at radius 2 is 2.05 bits per heavy atom. The molecule has 108 valence electrons. The van der Waals surface area contributed by atoms with Crippen molar-refractivity contribution < 1.29 is 4.79 Å². The summed E-state index contributed by atoms with van der Waals surface area (Å²) in [6.45, 7) is 0.0809. The summed E-state index contributed by atoms with van der Waals surface area (Å²) in [6, 6.07) is 4.48. The Hall–Kier alpha value is -1.14. The molecule has 2 fully saturated rings. The van der Waals surface area contributed by atoms with Gasteiger partial charge in [-0.05, 0) is 47.7 Å². The Balaban J connectivity index is 1.60. The number of halogens is 1. The van der Waals surface area contributed by atoms with Crippen LogP contribution in [0.25, 0.3) is 0 Å². The second-order valence-electron chi connectivity index (χ2n) is 5.69. The molecule has 0 aromatic carbocycles. The van der Waals surface area contributed by atoms with Crippen molar-refractivity contribution >= 4 is 21.8 Å². The lowest BCUT2D eigenvalue weighted by Gasteiger charge is -2.29. The molecule has 0 aliphatic carbocycles. The zero-order valence-corrected chi connectivity index (χ0v) is 12.7. The normalized spacial score (nSPS) is 28.4. The van der Waals surface area contributed by atoms with Crippen LogP contribution in [0.15, 0.2) is 27.6 Å². The van der Waals surface area contributed by atoms with E-state index < -0.39 is 0 Å². The average Bonchev–Trinajstić information content (AvgIpc) is 2.73. The zero-order valence-electron chi connectivity index (χ0n) is 11.1. The van der Waals surface area contributed by atoms with Gasteiger partial charge >= 0.3 is 0 Å². The quantitative estimate of drug-likeness (QED) is 0.863. The second-order valence-corrected chi connectivity index (χ2v) is 6.60. The monoisotopic (exact) mass is 339 g/mol. The van der Waals surface area contributed by atoms with Crippen LogP contribution in [0.5, 0.6) is 0 Å². The highest BCUT2D eigenvalue weighted by atomic mass is 79.9. The van der Waals surface area contributed by atoms with Gasteiger partial charge in [-0.1, -0.05) is 0 Å². The molecule has 3 rings (SSSR count). The van der Waals surface area contributed by atoms with Crippen molar-refractivity contribution in [2.24, 2.45) is 0 Å². The molecule has 1 amide bonds. The molecule has 2 aliphatic rings. The van der Waals surface area contributed by atoms with Crippen molar-refractivity contribution in [3.05, 3.63) is 33.2 Å². The van der Waals surface area contributed by atoms with Gasteiger partial charge in [-0.2, -0.15) is 0 Å². The van der Waals surface area contributed by atoms with Gasteiger partial charge in [-0.15, -0.1) is 0 Å². The van der Waals surface area contributed by atoms with E-state index in [2.05, 4.69) is 26.6 Å². The minimum absolute atomic E-state index is 0.0809. The number of hydrogen-bond acceptors (Lipinski definition) is 3. The summed E-state index contributed by atoms with van der Waals surface area (Å²) < 4.78 is 2.22. The lowest BCUT2D eigenvalue weighted by molar-refractivity contribution is -0.122. The summed E-state index contributed by atoms with van der Waals surface area (Å²) in [5.41, 5.74) is -0.159. The van der Waals surface area contributed by atoms with Crippen molar-refractivity contribution in [1.29, 1.82) is 0 Å². The standard InChI is InChI=1S/C14H18BrN3O2/c15-9-1-4-14(20)18(7-9)8-13(19)17-12-5-10-2-3-11(6-12)16-10/h1,4,7,10-12,16H,2-3,5-6,8H2,(H,17,19). The first-order valence-corrected chi connectivity index (χ1v) is 7.81. The third-order valence-electron chi connectivity index (χ3n) is 4.10. The highest BCUT2D eigenvalue weighted by Gasteiger charge is 2.33. The average molecular weight is 340 g/mol. The number of pyridine rings is 1. The predicted molar refractivity (Wildman–Crippen MR) is 79.5 cm³/mol. The van der Waals surface area contributed by atoms with Crippen molar-refractivity contribution in [3.63, 3.8) is 0 Å². The van der Waals surface area contributed by atoms with Crippen molar-refractivity contribution in [1.82, 2.24) is 15.2 Å². The zero-order chi connectivity index (χ0) is 14.1. The van der Waals surface area contributed by atoms with Crippen LogP contribution in [-0.4, -0.2) is 28.6 Å². The molecule has 1 aromatic heterocycles. The topological polar surface area (TPSA) is 63.1 Å². The number of nitrogens with one attached hydrogen (secondary N) is 2. The first-order chi connectivity index (χ1) is 9.60. The SMILES string of the molecule is O=C(Cn1cc(Br)ccc1=O)NC1CC2CCC(C1)N2. The van der Waals surface area contributed by atoms with E-state index in [1.807, 2.05) is 0 Å². The van der Waals surface area contributed by atoms with Gasteiger partial charge in [0.25, 0.3) is 5.56 Å². The fourth-order valence-electron chi connectivity index (χ4n) is 3.23. The molecule has 2 unspecified atom stereocenters. The molecule has 2 saturated heterocycles. The van der Waals surface area contributed by atoms with Crippen molar-refractivity contribution in [3.8, 4) is 0 Å². The van der Waals surface area contributed by atoms with Crippen molar-refractivity contribution in [2.45, 2.75) is 50.4 Å². The van der Waals surface area contributed by atoms with Gasteiger partial charge in [-0.25, -0.2) is 0 Å². The molecule has 2 aliphatic heterocycles. The van der Waals surface area contributed by atoms with Gasteiger partial charge in [0.1, 0.15) is 6.54 Å². The fourth-order valence-corrected chi connectivity index (χ4v) is 3.61. The maximum Gasteiger partial charge on any atom is 0.251 e. The maximum atomic E-state index is 12.1. The molecule has 20 heavy (non-hydrogen) atoms. The lowest BCUT2D eigenvalue weighted by Crippen LogP contribution is -2.49. The van der Waals surface area contributed by atoms with E-state index in [1.165, 1.54) is 23.5 Å². The van der Waals surface area contributed by atoms with Crippen LogP contribution in [-0.2, 0) is 11.3 Å². The molecule has 0 saturated carbocycles. The molecule has 0 radical (unpaired) electrons. The first kappa shape index (κ1) is 13.8. The molecule has 1 aromatic rings. The van der Waals surface area contributed by atoms with Gasteiger partial charge in [0.15, 0.2) is 0 Å². The number of nitrogens with zero attached hydrogens (tertiary/aromatic N) is 1. The summed E-state index contributed by atoms with van der Waals surface area (Å²) in [4.78, 5) is 23.7. The summed E-state index contributed by atoms with van der Waals surface area (Å²) >= 11 is 3.31. The molecule has 3 heterocycles. The van der Waals surface area contributed by atoms with Gasteiger partial charge in [0, 0.05) is 34.9 Å². The van der Waals surface area contributed by atoms with Gasteiger partial charge in [0.2, 0.25) is 5.91 Å². The van der Waals surface area contributed by atoms with Crippen LogP contribution in [0.1, 0.15) is 25.7 Å². The summed E-state index contributed by atoms with van der Waals surface area (Å²) in [7, 11) is 0. The lowest BCUT2D eigenvalue weighted by atomic mass is 10.00. The summed E-state index contributed by atoms with van der Waals surface area (Å²) in [5.74, 6) is -0.0866. The second kappa shape index (κ2) is 5.69. The first-order valence-electron chi connectivity index (χ1n) is 7.01. The van der Waals surface area contributed by atoms with Crippen LogP contribution in [0.4, 0.5) is 0 Å². The van der Waals surface area contributed by atoms with E-state index in [0.29, 0.717) is 12.1 Å². The predicted octanol–water partition coefficient (Wildman–Crippen LogP) is 1.01. The number of amides is 1. The van der Waals surface area contributed by atoms with Gasteiger partial charge in [-0.3, -0.25) is 9.59 Å². The minimum Gasteiger partial charge on any atom is -0.352 e. The molecule has 2 N–H and O–H groups in total. The van der Waals surface area contributed by atoms with Gasteiger partial charge < -0.3 is 15.2 Å². The summed E-state index contributed by atoms with van der Waals surface area (Å²) in [6.07, 6.45) is 6.06. The third kappa shape index (κ3) is 3.12. The van der Waals surface area contributed by atoms with Crippen molar-refractivity contribution in [2.75, 3.05) is 0 Å². The van der Waals surface area contributed by atoms with E-state index in [-0.39, 0.29) is 24.1 Å². The van der Waals surface area contributed by atoms with E-state index in [9.17, 15) is 9.59 Å². The largest absolute Gasteiger partial charge is 0.352 e. The Bertz CT molecular complexity index is 560. The Morgan fingerprint density at radius 3 is 2.75 bits per heavy atom. The smallest absolute Gasteiger partial charge is 0.251 e. The molecule has 2 atom stereocenters. The van der Waals surface area contributed by atoms with Crippen LogP contribution < -0.4 is 16.2 Å². The molecular formula is C14H18BrN3O2. The number of fused-ring (bicyclic) bond motifs is 2. The molecular weight excluding hydrogens is 322 g/mol. The van der Waals surface area contributed by atoms with Crippen LogP contribution in [0.3, 0.4) is 0 Å². The molecule has 6 heteroatoms. The van der Waals surface area contributed by atoms with E-state index >= 15 is 0 Å². The van der Waals surface area contributed by atoms with Crippen LogP contribution >= 0.6 is 15.9 Å². The number of hydrogen-bond donors (Lipinski definition) is 2. The number of rotatable bonds is 3. The third-order valence-corrected chi connectivity index (χ3v) is 4.57. The van der Waals surface area contributed by atoms with Crippen LogP contribution in [0.2, 0.25) is 0 Å². The van der Waals surface area contributed by atoms with E-state index in [4.69, 9.17) is 0 Å². The Morgan fingerprint density at radius 1 is 1.35 bits per heavy atom. The minimum atomic E-state index is -0.159. The highest BCUT2D eigenvalue weighted by Crippen LogP contribution is 2.26. The number of carbonyl (C=O) groups excluding carboxylic acids is 1. The summed E-state index contributed by atoms with van der Waals surface area (Å²) in [5, 5.41) is 6.61.